The van der Waals surface area contributed by atoms with Crippen LogP contribution in [0.3, 0.4) is 0 Å². The molecule has 2 rings (SSSR count). The molecule has 0 saturated heterocycles. The zero-order valence-corrected chi connectivity index (χ0v) is 16.9. The molecule has 0 aliphatic rings. The van der Waals surface area contributed by atoms with Crippen molar-refractivity contribution in [3.05, 3.63) is 51.3 Å². The SMILES string of the molecule is CCCCN(C)c1nc(C)cc(C(=O)NCCc2ccc(Cl)cc2Cl)n1. The van der Waals surface area contributed by atoms with E-state index in [0.717, 1.165) is 30.6 Å². The molecular weight excluding hydrogens is 371 g/mol. The Kier molecular flexibility index (Phi) is 7.66. The smallest absolute Gasteiger partial charge is 0.270 e. The van der Waals surface area contributed by atoms with Gasteiger partial charge in [-0.3, -0.25) is 4.79 Å². The van der Waals surface area contributed by atoms with Crippen LogP contribution in [0.15, 0.2) is 24.3 Å². The molecule has 1 aromatic heterocycles. The summed E-state index contributed by atoms with van der Waals surface area (Å²) in [5.74, 6) is 0.357. The molecule has 7 heteroatoms. The quantitative estimate of drug-likeness (QED) is 0.724. The number of carbonyl (C=O) groups excluding carboxylic acids is 1. The summed E-state index contributed by atoms with van der Waals surface area (Å²) in [6.07, 6.45) is 2.77. The second-order valence-electron chi connectivity index (χ2n) is 6.21. The van der Waals surface area contributed by atoms with Gasteiger partial charge < -0.3 is 10.2 Å². The highest BCUT2D eigenvalue weighted by atomic mass is 35.5. The van der Waals surface area contributed by atoms with Crippen molar-refractivity contribution < 1.29 is 4.79 Å². The van der Waals surface area contributed by atoms with Gasteiger partial charge in [-0.1, -0.05) is 42.6 Å². The first kappa shape index (κ1) is 20.5. The summed E-state index contributed by atoms with van der Waals surface area (Å²) in [6, 6.07) is 7.05. The molecular formula is C19H24Cl2N4O. The van der Waals surface area contributed by atoms with Crippen LogP contribution in [0.4, 0.5) is 5.95 Å². The number of aryl methyl sites for hydroxylation is 1. The van der Waals surface area contributed by atoms with Gasteiger partial charge >= 0.3 is 0 Å². The fourth-order valence-corrected chi connectivity index (χ4v) is 2.96. The minimum absolute atomic E-state index is 0.217. The molecule has 0 bridgehead atoms. The maximum atomic E-state index is 12.4. The van der Waals surface area contributed by atoms with Gasteiger partial charge in [-0.2, -0.15) is 0 Å². The summed E-state index contributed by atoms with van der Waals surface area (Å²) >= 11 is 12.1. The topological polar surface area (TPSA) is 58.1 Å². The van der Waals surface area contributed by atoms with E-state index in [9.17, 15) is 4.79 Å². The van der Waals surface area contributed by atoms with Crippen molar-refractivity contribution in [1.29, 1.82) is 0 Å². The van der Waals surface area contributed by atoms with Crippen LogP contribution in [0.1, 0.15) is 41.5 Å². The van der Waals surface area contributed by atoms with Crippen LogP contribution >= 0.6 is 23.2 Å². The molecule has 0 fully saturated rings. The van der Waals surface area contributed by atoms with E-state index in [2.05, 4.69) is 22.2 Å². The van der Waals surface area contributed by atoms with Crippen LogP contribution in [-0.4, -0.2) is 36.0 Å². The zero-order valence-electron chi connectivity index (χ0n) is 15.4. The molecule has 1 heterocycles. The van der Waals surface area contributed by atoms with Gasteiger partial charge in [-0.05, 0) is 43.5 Å². The number of carbonyl (C=O) groups is 1. The summed E-state index contributed by atoms with van der Waals surface area (Å²) in [5.41, 5.74) is 2.08. The van der Waals surface area contributed by atoms with Gasteiger partial charge in [0, 0.05) is 35.9 Å². The van der Waals surface area contributed by atoms with Crippen molar-refractivity contribution >= 4 is 35.1 Å². The summed E-state index contributed by atoms with van der Waals surface area (Å²) < 4.78 is 0. The van der Waals surface area contributed by atoms with Crippen LogP contribution in [0.5, 0.6) is 0 Å². The Morgan fingerprint density at radius 2 is 2.00 bits per heavy atom. The second-order valence-corrected chi connectivity index (χ2v) is 7.05. The minimum Gasteiger partial charge on any atom is -0.350 e. The molecule has 0 unspecified atom stereocenters. The van der Waals surface area contributed by atoms with Crippen LogP contribution in [0.2, 0.25) is 10.0 Å². The molecule has 0 saturated carbocycles. The molecule has 26 heavy (non-hydrogen) atoms. The Morgan fingerprint density at radius 1 is 1.23 bits per heavy atom. The highest BCUT2D eigenvalue weighted by Crippen LogP contribution is 2.21. The lowest BCUT2D eigenvalue weighted by Crippen LogP contribution is -2.28. The lowest BCUT2D eigenvalue weighted by atomic mass is 10.1. The van der Waals surface area contributed by atoms with E-state index < -0.39 is 0 Å². The van der Waals surface area contributed by atoms with Crippen LogP contribution in [0.25, 0.3) is 0 Å². The Morgan fingerprint density at radius 3 is 2.69 bits per heavy atom. The van der Waals surface area contributed by atoms with Gasteiger partial charge in [0.2, 0.25) is 5.95 Å². The van der Waals surface area contributed by atoms with Crippen molar-refractivity contribution in [3.8, 4) is 0 Å². The van der Waals surface area contributed by atoms with E-state index in [1.807, 2.05) is 24.9 Å². The van der Waals surface area contributed by atoms with Crippen LogP contribution in [0, 0.1) is 6.92 Å². The zero-order chi connectivity index (χ0) is 19.1. The number of rotatable bonds is 8. The number of nitrogens with zero attached hydrogens (tertiary/aromatic N) is 3. The number of anilines is 1. The third-order valence-electron chi connectivity index (χ3n) is 3.96. The lowest BCUT2D eigenvalue weighted by molar-refractivity contribution is 0.0949. The number of aromatic nitrogens is 2. The molecule has 5 nitrogen and oxygen atoms in total. The number of hydrogen-bond donors (Lipinski definition) is 1. The van der Waals surface area contributed by atoms with Gasteiger partial charge in [0.05, 0.1) is 0 Å². The van der Waals surface area contributed by atoms with Gasteiger partial charge in [0.15, 0.2) is 0 Å². The van der Waals surface area contributed by atoms with Crippen LogP contribution in [-0.2, 0) is 6.42 Å². The van der Waals surface area contributed by atoms with Gasteiger partial charge in [0.25, 0.3) is 5.91 Å². The largest absolute Gasteiger partial charge is 0.350 e. The number of benzene rings is 1. The third kappa shape index (κ3) is 5.85. The number of hydrogen-bond acceptors (Lipinski definition) is 4. The van der Waals surface area contributed by atoms with Crippen LogP contribution < -0.4 is 10.2 Å². The number of halogens is 2. The van der Waals surface area contributed by atoms with E-state index >= 15 is 0 Å². The van der Waals surface area contributed by atoms with E-state index in [-0.39, 0.29) is 5.91 Å². The van der Waals surface area contributed by atoms with Crippen molar-refractivity contribution in [2.75, 3.05) is 25.0 Å². The summed E-state index contributed by atoms with van der Waals surface area (Å²) in [5, 5.41) is 4.08. The molecule has 2 aromatic rings. The van der Waals surface area contributed by atoms with E-state index in [1.165, 1.54) is 0 Å². The number of unbranched alkanes of at least 4 members (excludes halogenated alkanes) is 1. The third-order valence-corrected chi connectivity index (χ3v) is 4.55. The van der Waals surface area contributed by atoms with E-state index in [0.29, 0.717) is 34.7 Å². The fourth-order valence-electron chi connectivity index (χ4n) is 2.46. The van der Waals surface area contributed by atoms with Crippen molar-refractivity contribution in [1.82, 2.24) is 15.3 Å². The van der Waals surface area contributed by atoms with Crippen molar-refractivity contribution in [2.24, 2.45) is 0 Å². The van der Waals surface area contributed by atoms with Gasteiger partial charge in [-0.25, -0.2) is 9.97 Å². The number of amides is 1. The predicted molar refractivity (Wildman–Crippen MR) is 107 cm³/mol. The van der Waals surface area contributed by atoms with Gasteiger partial charge in [0.1, 0.15) is 5.69 Å². The normalized spacial score (nSPS) is 10.7. The Bertz CT molecular complexity index is 767. The van der Waals surface area contributed by atoms with Crippen molar-refractivity contribution in [3.63, 3.8) is 0 Å². The maximum Gasteiger partial charge on any atom is 0.270 e. The average Bonchev–Trinajstić information content (AvgIpc) is 2.60. The molecule has 1 amide bonds. The van der Waals surface area contributed by atoms with Crippen molar-refractivity contribution in [2.45, 2.75) is 33.1 Å². The summed E-state index contributed by atoms with van der Waals surface area (Å²) in [4.78, 5) is 23.2. The Labute approximate surface area is 164 Å². The standard InChI is InChI=1S/C19H24Cl2N4O/c1-4-5-10-25(3)19-23-13(2)11-17(24-19)18(26)22-9-8-14-6-7-15(20)12-16(14)21/h6-7,11-12H,4-5,8-10H2,1-3H3,(H,22,26). The van der Waals surface area contributed by atoms with E-state index in [4.69, 9.17) is 23.2 Å². The highest BCUT2D eigenvalue weighted by molar-refractivity contribution is 6.35. The van der Waals surface area contributed by atoms with Gasteiger partial charge in [-0.15, -0.1) is 0 Å². The molecule has 0 aliphatic carbocycles. The molecule has 140 valence electrons. The molecule has 0 spiro atoms. The first-order valence-corrected chi connectivity index (χ1v) is 9.45. The first-order valence-electron chi connectivity index (χ1n) is 8.69. The molecule has 1 N–H and O–H groups in total. The monoisotopic (exact) mass is 394 g/mol. The molecule has 1 aromatic carbocycles. The minimum atomic E-state index is -0.217. The summed E-state index contributed by atoms with van der Waals surface area (Å²) in [7, 11) is 1.94. The lowest BCUT2D eigenvalue weighted by Gasteiger charge is -2.17. The number of nitrogens with one attached hydrogen (secondary N) is 1. The first-order chi connectivity index (χ1) is 12.4. The van der Waals surface area contributed by atoms with E-state index in [1.54, 1.807) is 18.2 Å². The maximum absolute atomic E-state index is 12.4. The Balaban J connectivity index is 1.99. The highest BCUT2D eigenvalue weighted by Gasteiger charge is 2.13. The molecule has 0 aliphatic heterocycles. The Hall–Kier alpha value is -1.85. The second kappa shape index (κ2) is 9.74. The summed E-state index contributed by atoms with van der Waals surface area (Å²) in [6.45, 7) is 5.32. The predicted octanol–water partition coefficient (Wildman–Crippen LogP) is 4.30. The fraction of sp³-hybridized carbons (Fsp3) is 0.421. The molecule has 0 radical (unpaired) electrons. The average molecular weight is 395 g/mol. The molecule has 0 atom stereocenters.